The third kappa shape index (κ3) is 6.34. The average Bonchev–Trinajstić information content (AvgIpc) is 2.71. The maximum absolute atomic E-state index is 14.3. The van der Waals surface area contributed by atoms with Gasteiger partial charge in [0.25, 0.3) is 0 Å². The molecule has 0 aliphatic heterocycles. The highest BCUT2D eigenvalue weighted by Gasteiger charge is 2.23. The van der Waals surface area contributed by atoms with Crippen molar-refractivity contribution in [2.45, 2.75) is 58.0 Å². The van der Waals surface area contributed by atoms with E-state index in [2.05, 4.69) is 6.92 Å². The molecule has 0 spiro atoms. The molecule has 1 aliphatic carbocycles. The summed E-state index contributed by atoms with van der Waals surface area (Å²) in [6, 6.07) is 10.6. The molecule has 3 rings (SSSR count). The molecule has 0 saturated heterocycles. The number of hydrogen-bond acceptors (Lipinski definition) is 0. The van der Waals surface area contributed by atoms with Crippen molar-refractivity contribution in [3.63, 3.8) is 0 Å². The van der Waals surface area contributed by atoms with Gasteiger partial charge in [0, 0.05) is 11.6 Å². The van der Waals surface area contributed by atoms with E-state index in [1.165, 1.54) is 56.2 Å². The molecule has 30 heavy (non-hydrogen) atoms. The van der Waals surface area contributed by atoms with Crippen LogP contribution in [0.15, 0.2) is 42.5 Å². The molecule has 0 heterocycles. The Morgan fingerprint density at radius 1 is 0.967 bits per heavy atom. The lowest BCUT2D eigenvalue weighted by molar-refractivity contribution is -0.0790. The largest absolute Gasteiger partial charge is 0.409 e. The number of aryl methyl sites for hydroxylation is 1. The van der Waals surface area contributed by atoms with Crippen LogP contribution >= 0.6 is 11.6 Å². The van der Waals surface area contributed by atoms with Crippen molar-refractivity contribution in [1.29, 1.82) is 0 Å². The molecule has 2 aromatic rings. The minimum atomic E-state index is -4.51. The zero-order valence-electron chi connectivity index (χ0n) is 17.1. The zero-order valence-corrected chi connectivity index (χ0v) is 17.9. The normalized spacial score (nSPS) is 20.1. The fourth-order valence-corrected chi connectivity index (χ4v) is 4.52. The summed E-state index contributed by atoms with van der Waals surface area (Å²) in [6.45, 7) is 2.28. The number of halogens is 5. The van der Waals surface area contributed by atoms with Gasteiger partial charge in [0.2, 0.25) is 0 Å². The van der Waals surface area contributed by atoms with Crippen molar-refractivity contribution < 1.29 is 17.6 Å². The minimum Gasteiger partial charge on any atom is -0.206 e. The molecule has 0 atom stereocenters. The van der Waals surface area contributed by atoms with E-state index >= 15 is 0 Å². The van der Waals surface area contributed by atoms with Crippen LogP contribution in [-0.2, 0) is 6.42 Å². The molecule has 162 valence electrons. The summed E-state index contributed by atoms with van der Waals surface area (Å²) in [7, 11) is 0. The van der Waals surface area contributed by atoms with E-state index in [4.69, 9.17) is 11.6 Å². The second-order valence-electron chi connectivity index (χ2n) is 8.26. The predicted molar refractivity (Wildman–Crippen MR) is 116 cm³/mol. The first-order valence-corrected chi connectivity index (χ1v) is 11.0. The number of hydrogen-bond donors (Lipinski definition) is 0. The molecule has 0 nitrogen and oxygen atoms in total. The topological polar surface area (TPSA) is 0 Å². The van der Waals surface area contributed by atoms with E-state index in [-0.39, 0.29) is 16.7 Å². The van der Waals surface area contributed by atoms with Gasteiger partial charge in [-0.15, -0.1) is 0 Å². The number of rotatable bonds is 6. The zero-order chi connectivity index (χ0) is 21.7. The average molecular weight is 439 g/mol. The fourth-order valence-electron chi connectivity index (χ4n) is 4.25. The minimum absolute atomic E-state index is 0.0134. The van der Waals surface area contributed by atoms with E-state index in [0.717, 1.165) is 23.8 Å². The van der Waals surface area contributed by atoms with Gasteiger partial charge in [-0.25, -0.2) is 4.39 Å². The van der Waals surface area contributed by atoms with Crippen molar-refractivity contribution in [2.75, 3.05) is 0 Å². The Labute approximate surface area is 181 Å². The van der Waals surface area contributed by atoms with Gasteiger partial charge in [0.15, 0.2) is 0 Å². The number of benzene rings is 2. The highest BCUT2D eigenvalue weighted by atomic mass is 35.5. The summed E-state index contributed by atoms with van der Waals surface area (Å²) in [5.74, 6) is 0.936. The first kappa shape index (κ1) is 22.9. The van der Waals surface area contributed by atoms with Crippen molar-refractivity contribution in [1.82, 2.24) is 0 Å². The molecule has 5 heteroatoms. The summed E-state index contributed by atoms with van der Waals surface area (Å²) >= 11 is 6.04. The lowest BCUT2D eigenvalue weighted by Gasteiger charge is -2.27. The maximum Gasteiger partial charge on any atom is 0.409 e. The Morgan fingerprint density at radius 3 is 2.17 bits per heavy atom. The van der Waals surface area contributed by atoms with Crippen LogP contribution in [0.2, 0.25) is 5.02 Å². The Balaban J connectivity index is 1.64. The van der Waals surface area contributed by atoms with Crippen LogP contribution < -0.4 is 0 Å². The number of alkyl halides is 3. The fraction of sp³-hybridized carbons (Fsp3) is 0.440. The lowest BCUT2D eigenvalue weighted by atomic mass is 9.78. The van der Waals surface area contributed by atoms with Crippen LogP contribution in [-0.4, -0.2) is 6.18 Å². The van der Waals surface area contributed by atoms with Crippen molar-refractivity contribution in [2.24, 2.45) is 11.8 Å². The highest BCUT2D eigenvalue weighted by molar-refractivity contribution is 6.32. The molecule has 2 aromatic carbocycles. The predicted octanol–water partition coefficient (Wildman–Crippen LogP) is 8.87. The Bertz CT molecular complexity index is 837. The van der Waals surface area contributed by atoms with Gasteiger partial charge in [-0.2, -0.15) is 13.2 Å². The molecular weight excluding hydrogens is 412 g/mol. The molecule has 1 aliphatic rings. The Kier molecular flexibility index (Phi) is 7.62. The van der Waals surface area contributed by atoms with Gasteiger partial charge in [0.05, 0.1) is 5.02 Å². The third-order valence-corrected chi connectivity index (χ3v) is 6.50. The smallest absolute Gasteiger partial charge is 0.206 e. The van der Waals surface area contributed by atoms with Gasteiger partial charge < -0.3 is 0 Å². The monoisotopic (exact) mass is 438 g/mol. The summed E-state index contributed by atoms with van der Waals surface area (Å²) < 4.78 is 51.4. The van der Waals surface area contributed by atoms with Gasteiger partial charge >= 0.3 is 6.18 Å². The molecule has 0 unspecified atom stereocenters. The third-order valence-electron chi connectivity index (χ3n) is 6.19. The summed E-state index contributed by atoms with van der Waals surface area (Å²) in [4.78, 5) is 0. The van der Waals surface area contributed by atoms with Crippen molar-refractivity contribution in [3.8, 4) is 11.1 Å². The molecule has 1 saturated carbocycles. The van der Waals surface area contributed by atoms with E-state index < -0.39 is 12.0 Å². The maximum atomic E-state index is 14.3. The Morgan fingerprint density at radius 2 is 1.60 bits per heavy atom. The van der Waals surface area contributed by atoms with Gasteiger partial charge in [0.1, 0.15) is 5.82 Å². The number of allylic oxidation sites excluding steroid dienone is 1. The molecule has 0 radical (unpaired) electrons. The van der Waals surface area contributed by atoms with E-state index in [1.54, 1.807) is 0 Å². The molecule has 0 amide bonds. The van der Waals surface area contributed by atoms with Gasteiger partial charge in [-0.3, -0.25) is 0 Å². The van der Waals surface area contributed by atoms with Crippen LogP contribution in [0.1, 0.15) is 56.6 Å². The van der Waals surface area contributed by atoms with Crippen LogP contribution in [0.5, 0.6) is 0 Å². The van der Waals surface area contributed by atoms with E-state index in [1.807, 2.05) is 24.3 Å². The quantitative estimate of drug-likeness (QED) is 0.395. The first-order valence-electron chi connectivity index (χ1n) is 10.6. The van der Waals surface area contributed by atoms with Crippen molar-refractivity contribution in [3.05, 3.63) is 64.4 Å². The van der Waals surface area contributed by atoms with Crippen LogP contribution in [0, 0.1) is 17.7 Å². The SMILES string of the molecule is CCC1CCC(CCc2ccc(-c3cc(F)c(C=CC(F)(F)F)c(Cl)c3)cc2)CC1. The van der Waals surface area contributed by atoms with E-state index in [9.17, 15) is 17.6 Å². The molecule has 0 bridgehead atoms. The Hall–Kier alpha value is -1.81. The standard InChI is InChI=1S/C25H27ClF4/c1-2-17-3-5-18(6-4-17)7-8-19-9-11-20(12-10-19)21-15-23(26)22(24(27)16-21)13-14-25(28,29)30/h9-18H,2-8H2,1H3. The molecule has 0 N–H and O–H groups in total. The summed E-state index contributed by atoms with van der Waals surface area (Å²) in [6.07, 6.45) is 4.99. The second-order valence-corrected chi connectivity index (χ2v) is 8.67. The second kappa shape index (κ2) is 10.00. The lowest BCUT2D eigenvalue weighted by Crippen LogP contribution is -2.14. The van der Waals surface area contributed by atoms with Crippen LogP contribution in [0.4, 0.5) is 17.6 Å². The first-order chi connectivity index (χ1) is 14.2. The van der Waals surface area contributed by atoms with Gasteiger partial charge in [-0.1, -0.05) is 74.9 Å². The summed E-state index contributed by atoms with van der Waals surface area (Å²) in [5, 5.41) is -0.0442. The molecular formula is C25H27ClF4. The summed E-state index contributed by atoms with van der Waals surface area (Å²) in [5.41, 5.74) is 2.32. The molecule has 0 aromatic heterocycles. The van der Waals surface area contributed by atoms with Crippen LogP contribution in [0.25, 0.3) is 17.2 Å². The highest BCUT2D eigenvalue weighted by Crippen LogP contribution is 2.34. The van der Waals surface area contributed by atoms with Crippen molar-refractivity contribution >= 4 is 17.7 Å². The van der Waals surface area contributed by atoms with Crippen LogP contribution in [0.3, 0.4) is 0 Å². The molecule has 1 fully saturated rings. The van der Waals surface area contributed by atoms with Gasteiger partial charge in [-0.05, 0) is 59.6 Å². The van der Waals surface area contributed by atoms with E-state index in [0.29, 0.717) is 11.6 Å².